The fourth-order valence-corrected chi connectivity index (χ4v) is 2.29. The van der Waals surface area contributed by atoms with Crippen LogP contribution in [0.3, 0.4) is 0 Å². The van der Waals surface area contributed by atoms with Crippen LogP contribution in [0.25, 0.3) is 0 Å². The lowest BCUT2D eigenvalue weighted by atomic mass is 10.2. The van der Waals surface area contributed by atoms with Crippen molar-refractivity contribution in [1.29, 1.82) is 0 Å². The molecular formula is C13H9Br2F2NO. The summed E-state index contributed by atoms with van der Waals surface area (Å²) < 4.78 is 33.1. The summed E-state index contributed by atoms with van der Waals surface area (Å²) in [6, 6.07) is 7.69. The third-order valence-electron chi connectivity index (χ3n) is 2.45. The first-order valence-electron chi connectivity index (χ1n) is 5.29. The fourth-order valence-electron chi connectivity index (χ4n) is 1.50. The van der Waals surface area contributed by atoms with Gasteiger partial charge in [-0.3, -0.25) is 0 Å². The minimum Gasteiger partial charge on any atom is -0.486 e. The van der Waals surface area contributed by atoms with E-state index in [4.69, 9.17) is 10.5 Å². The average molecular weight is 393 g/mol. The van der Waals surface area contributed by atoms with E-state index >= 15 is 0 Å². The Kier molecular flexibility index (Phi) is 4.42. The normalized spacial score (nSPS) is 10.5. The van der Waals surface area contributed by atoms with E-state index in [1.165, 1.54) is 6.07 Å². The molecule has 19 heavy (non-hydrogen) atoms. The van der Waals surface area contributed by atoms with Gasteiger partial charge in [0, 0.05) is 20.2 Å². The predicted octanol–water partition coefficient (Wildman–Crippen LogP) is 4.65. The van der Waals surface area contributed by atoms with Crippen LogP contribution in [0.1, 0.15) is 5.56 Å². The summed E-state index contributed by atoms with van der Waals surface area (Å²) in [6.07, 6.45) is 0. The van der Waals surface area contributed by atoms with Crippen molar-refractivity contribution in [2.24, 2.45) is 0 Å². The summed E-state index contributed by atoms with van der Waals surface area (Å²) >= 11 is 6.40. The molecule has 0 aromatic heterocycles. The zero-order valence-corrected chi connectivity index (χ0v) is 12.8. The van der Waals surface area contributed by atoms with Crippen LogP contribution in [0.2, 0.25) is 0 Å². The highest BCUT2D eigenvalue weighted by Gasteiger charge is 2.12. The van der Waals surface area contributed by atoms with E-state index < -0.39 is 11.6 Å². The molecule has 2 N–H and O–H groups in total. The van der Waals surface area contributed by atoms with Gasteiger partial charge in [0.2, 0.25) is 5.82 Å². The van der Waals surface area contributed by atoms with Gasteiger partial charge in [0.25, 0.3) is 0 Å². The van der Waals surface area contributed by atoms with Gasteiger partial charge < -0.3 is 10.5 Å². The lowest BCUT2D eigenvalue weighted by molar-refractivity contribution is 0.284. The summed E-state index contributed by atoms with van der Waals surface area (Å²) in [5.74, 6) is -2.12. The van der Waals surface area contributed by atoms with Crippen LogP contribution < -0.4 is 10.5 Å². The van der Waals surface area contributed by atoms with Gasteiger partial charge in [-0.2, -0.15) is 4.39 Å². The second-order valence-corrected chi connectivity index (χ2v) is 5.52. The van der Waals surface area contributed by atoms with Crippen molar-refractivity contribution in [2.75, 3.05) is 5.73 Å². The third-order valence-corrected chi connectivity index (χ3v) is 3.88. The van der Waals surface area contributed by atoms with Crippen molar-refractivity contribution in [1.82, 2.24) is 0 Å². The number of hydrogen-bond acceptors (Lipinski definition) is 2. The maximum atomic E-state index is 13.5. The third kappa shape index (κ3) is 3.25. The molecule has 0 radical (unpaired) electrons. The molecule has 2 aromatic carbocycles. The molecule has 0 amide bonds. The first kappa shape index (κ1) is 14.3. The summed E-state index contributed by atoms with van der Waals surface area (Å²) in [7, 11) is 0. The van der Waals surface area contributed by atoms with Gasteiger partial charge in [-0.15, -0.1) is 0 Å². The number of ether oxygens (including phenoxy) is 1. The van der Waals surface area contributed by atoms with Crippen LogP contribution in [0, 0.1) is 11.6 Å². The van der Waals surface area contributed by atoms with Crippen LogP contribution in [0.5, 0.6) is 5.75 Å². The van der Waals surface area contributed by atoms with Gasteiger partial charge in [-0.05, 0) is 34.1 Å². The Morgan fingerprint density at radius 2 is 1.89 bits per heavy atom. The van der Waals surface area contributed by atoms with Gasteiger partial charge in [0.1, 0.15) is 6.61 Å². The largest absolute Gasteiger partial charge is 0.486 e. The van der Waals surface area contributed by atoms with Gasteiger partial charge in [0.15, 0.2) is 11.6 Å². The molecule has 0 saturated heterocycles. The lowest BCUT2D eigenvalue weighted by Crippen LogP contribution is -2.01. The van der Waals surface area contributed by atoms with Crippen molar-refractivity contribution in [3.63, 3.8) is 0 Å². The number of nitrogen functional groups attached to an aromatic ring is 1. The van der Waals surface area contributed by atoms with E-state index in [0.717, 1.165) is 11.6 Å². The van der Waals surface area contributed by atoms with E-state index in [0.29, 0.717) is 14.6 Å². The molecule has 0 saturated carbocycles. The van der Waals surface area contributed by atoms with Crippen molar-refractivity contribution in [3.05, 3.63) is 56.5 Å². The van der Waals surface area contributed by atoms with Gasteiger partial charge in [-0.1, -0.05) is 28.1 Å². The molecule has 0 aliphatic rings. The molecule has 0 atom stereocenters. The van der Waals surface area contributed by atoms with Crippen LogP contribution in [0.4, 0.5) is 14.5 Å². The molecule has 0 spiro atoms. The van der Waals surface area contributed by atoms with E-state index in [-0.39, 0.29) is 12.4 Å². The number of rotatable bonds is 3. The van der Waals surface area contributed by atoms with E-state index in [1.807, 2.05) is 0 Å². The topological polar surface area (TPSA) is 35.2 Å². The summed E-state index contributed by atoms with van der Waals surface area (Å²) in [6.45, 7) is 0.0818. The second kappa shape index (κ2) is 5.88. The van der Waals surface area contributed by atoms with Crippen molar-refractivity contribution in [2.45, 2.75) is 6.61 Å². The summed E-state index contributed by atoms with van der Waals surface area (Å²) in [5, 5.41) is 0. The molecule has 0 heterocycles. The highest BCUT2D eigenvalue weighted by Crippen LogP contribution is 2.28. The monoisotopic (exact) mass is 391 g/mol. The standard InChI is InChI=1S/C13H9Br2F2NO/c14-8-4-9(16)13(17)11(5-8)19-6-7-2-1-3-10(18)12(7)15/h1-5H,6,18H2. The van der Waals surface area contributed by atoms with Crippen LogP contribution in [0.15, 0.2) is 39.3 Å². The number of halogens is 4. The first-order valence-corrected chi connectivity index (χ1v) is 6.88. The average Bonchev–Trinajstić information content (AvgIpc) is 2.36. The number of benzene rings is 2. The van der Waals surface area contributed by atoms with E-state index in [9.17, 15) is 8.78 Å². The highest BCUT2D eigenvalue weighted by atomic mass is 79.9. The minimum atomic E-state index is -1.01. The van der Waals surface area contributed by atoms with Gasteiger partial charge >= 0.3 is 0 Å². The second-order valence-electron chi connectivity index (χ2n) is 3.81. The SMILES string of the molecule is Nc1cccc(COc2cc(Br)cc(F)c2F)c1Br. The Balaban J connectivity index is 2.21. The van der Waals surface area contributed by atoms with E-state index in [2.05, 4.69) is 31.9 Å². The Labute approximate surface area is 125 Å². The number of hydrogen-bond donors (Lipinski definition) is 1. The van der Waals surface area contributed by atoms with Crippen molar-refractivity contribution >= 4 is 37.5 Å². The Hall–Kier alpha value is -1.14. The number of nitrogens with two attached hydrogens (primary N) is 1. The van der Waals surface area contributed by atoms with Gasteiger partial charge in [-0.25, -0.2) is 4.39 Å². The molecule has 0 fully saturated rings. The first-order chi connectivity index (χ1) is 8.99. The number of anilines is 1. The quantitative estimate of drug-likeness (QED) is 0.609. The van der Waals surface area contributed by atoms with E-state index in [1.54, 1.807) is 18.2 Å². The summed E-state index contributed by atoms with van der Waals surface area (Å²) in [5.41, 5.74) is 7.03. The van der Waals surface area contributed by atoms with Crippen LogP contribution in [-0.2, 0) is 6.61 Å². The maximum Gasteiger partial charge on any atom is 0.200 e. The summed E-state index contributed by atoms with van der Waals surface area (Å²) in [4.78, 5) is 0. The molecule has 0 aliphatic heterocycles. The molecule has 100 valence electrons. The molecule has 0 aliphatic carbocycles. The molecule has 0 unspecified atom stereocenters. The van der Waals surface area contributed by atoms with Crippen LogP contribution in [-0.4, -0.2) is 0 Å². The fraction of sp³-hybridized carbons (Fsp3) is 0.0769. The maximum absolute atomic E-state index is 13.5. The van der Waals surface area contributed by atoms with Crippen molar-refractivity contribution in [3.8, 4) is 5.75 Å². The molecule has 2 nitrogen and oxygen atoms in total. The Bertz CT molecular complexity index is 620. The zero-order chi connectivity index (χ0) is 14.0. The Morgan fingerprint density at radius 1 is 1.16 bits per heavy atom. The smallest absolute Gasteiger partial charge is 0.200 e. The van der Waals surface area contributed by atoms with Crippen molar-refractivity contribution < 1.29 is 13.5 Å². The van der Waals surface area contributed by atoms with Gasteiger partial charge in [0.05, 0.1) is 0 Å². The highest BCUT2D eigenvalue weighted by molar-refractivity contribution is 9.11. The minimum absolute atomic E-state index is 0.0818. The lowest BCUT2D eigenvalue weighted by Gasteiger charge is -2.10. The molecule has 2 aromatic rings. The molecular weight excluding hydrogens is 384 g/mol. The molecule has 2 rings (SSSR count). The zero-order valence-electron chi connectivity index (χ0n) is 9.59. The van der Waals surface area contributed by atoms with Crippen LogP contribution >= 0.6 is 31.9 Å². The molecule has 0 bridgehead atoms. The predicted molar refractivity (Wildman–Crippen MR) is 76.9 cm³/mol. The molecule has 6 heteroatoms. The Morgan fingerprint density at radius 3 is 2.63 bits per heavy atom.